The normalized spacial score (nSPS) is 10.8. The van der Waals surface area contributed by atoms with Gasteiger partial charge in [-0.3, -0.25) is 0 Å². The molecule has 0 aliphatic rings. The largest absolute Gasteiger partial charge is 0.380 e. The first-order valence-corrected chi connectivity index (χ1v) is 7.13. The van der Waals surface area contributed by atoms with Gasteiger partial charge in [0.15, 0.2) is 11.6 Å². The molecule has 0 spiro atoms. The number of anilines is 1. The Morgan fingerprint density at radius 2 is 1.86 bits per heavy atom. The fraction of sp³-hybridized carbons (Fsp3) is 0.0625. The summed E-state index contributed by atoms with van der Waals surface area (Å²) in [5.41, 5.74) is 9.32. The van der Waals surface area contributed by atoms with Crippen molar-refractivity contribution in [1.82, 2.24) is 5.16 Å². The van der Waals surface area contributed by atoms with Crippen LogP contribution in [0.4, 0.5) is 10.2 Å². The van der Waals surface area contributed by atoms with E-state index in [1.54, 1.807) is 12.1 Å². The van der Waals surface area contributed by atoms with Gasteiger partial charge in [-0.05, 0) is 42.3 Å². The number of nitrogens with two attached hydrogens (primary N) is 1. The Hall–Kier alpha value is -2.14. The highest BCUT2D eigenvalue weighted by atomic mass is 79.9. The Bertz CT molecular complexity index is 797. The van der Waals surface area contributed by atoms with Crippen molar-refractivity contribution in [2.24, 2.45) is 0 Å². The number of nitrogens with zero attached hydrogens (tertiary/aromatic N) is 1. The first kappa shape index (κ1) is 13.8. The van der Waals surface area contributed by atoms with Crippen molar-refractivity contribution in [3.8, 4) is 22.5 Å². The summed E-state index contributed by atoms with van der Waals surface area (Å²) in [6.07, 6.45) is 0. The average Bonchev–Trinajstić information content (AvgIpc) is 2.82. The molecule has 3 rings (SSSR count). The van der Waals surface area contributed by atoms with E-state index in [0.29, 0.717) is 11.3 Å². The minimum atomic E-state index is -0.299. The van der Waals surface area contributed by atoms with Gasteiger partial charge in [0.2, 0.25) is 0 Å². The SMILES string of the molecule is Cc1ccc(-c2onc(N)c2-c2ccc(F)cc2)c(Br)c1. The van der Waals surface area contributed by atoms with E-state index < -0.39 is 0 Å². The van der Waals surface area contributed by atoms with Gasteiger partial charge in [0.05, 0.1) is 5.56 Å². The van der Waals surface area contributed by atoms with E-state index in [1.165, 1.54) is 12.1 Å². The number of hydrogen-bond donors (Lipinski definition) is 1. The lowest BCUT2D eigenvalue weighted by Gasteiger charge is -2.06. The number of nitrogen functional groups attached to an aromatic ring is 1. The lowest BCUT2D eigenvalue weighted by atomic mass is 10.0. The molecule has 0 unspecified atom stereocenters. The molecule has 0 aliphatic heterocycles. The molecule has 0 atom stereocenters. The maximum absolute atomic E-state index is 13.1. The molecule has 3 aromatic rings. The van der Waals surface area contributed by atoms with Gasteiger partial charge in [-0.1, -0.05) is 39.3 Å². The van der Waals surface area contributed by atoms with Crippen LogP contribution in [-0.2, 0) is 0 Å². The second-order valence-corrected chi connectivity index (χ2v) is 5.62. The van der Waals surface area contributed by atoms with Crippen LogP contribution in [0.3, 0.4) is 0 Å². The highest BCUT2D eigenvalue weighted by molar-refractivity contribution is 9.10. The number of benzene rings is 2. The molecular weight excluding hydrogens is 335 g/mol. The Kier molecular flexibility index (Phi) is 3.51. The number of hydrogen-bond acceptors (Lipinski definition) is 3. The zero-order valence-electron chi connectivity index (χ0n) is 11.2. The quantitative estimate of drug-likeness (QED) is 0.724. The molecule has 1 heterocycles. The van der Waals surface area contributed by atoms with Crippen molar-refractivity contribution >= 4 is 21.7 Å². The van der Waals surface area contributed by atoms with E-state index in [4.69, 9.17) is 10.3 Å². The van der Waals surface area contributed by atoms with E-state index >= 15 is 0 Å². The van der Waals surface area contributed by atoms with Crippen LogP contribution in [0.5, 0.6) is 0 Å². The maximum Gasteiger partial charge on any atom is 0.178 e. The third kappa shape index (κ3) is 2.56. The van der Waals surface area contributed by atoms with E-state index in [1.807, 2.05) is 25.1 Å². The van der Waals surface area contributed by atoms with Crippen LogP contribution >= 0.6 is 15.9 Å². The summed E-state index contributed by atoms with van der Waals surface area (Å²) >= 11 is 3.52. The summed E-state index contributed by atoms with van der Waals surface area (Å²) in [4.78, 5) is 0. The molecule has 0 aliphatic carbocycles. The summed E-state index contributed by atoms with van der Waals surface area (Å²) < 4.78 is 19.4. The van der Waals surface area contributed by atoms with Gasteiger partial charge < -0.3 is 10.3 Å². The second kappa shape index (κ2) is 5.33. The van der Waals surface area contributed by atoms with Crippen LogP contribution in [0.15, 0.2) is 51.5 Å². The lowest BCUT2D eigenvalue weighted by Crippen LogP contribution is -1.89. The molecule has 0 saturated heterocycles. The first-order chi connectivity index (χ1) is 10.1. The molecule has 106 valence electrons. The third-order valence-electron chi connectivity index (χ3n) is 3.22. The number of halogens is 2. The van der Waals surface area contributed by atoms with Crippen molar-refractivity contribution in [2.45, 2.75) is 6.92 Å². The standard InChI is InChI=1S/C16H12BrFN2O/c1-9-2-7-12(13(17)8-9)15-14(16(19)20-21-15)10-3-5-11(18)6-4-10/h2-8H,1H3,(H2,19,20). The van der Waals surface area contributed by atoms with Gasteiger partial charge in [0.1, 0.15) is 5.82 Å². The molecule has 0 radical (unpaired) electrons. The minimum absolute atomic E-state index is 0.282. The fourth-order valence-corrected chi connectivity index (χ4v) is 2.86. The lowest BCUT2D eigenvalue weighted by molar-refractivity contribution is 0.436. The molecule has 2 N–H and O–H groups in total. The van der Waals surface area contributed by atoms with Crippen molar-refractivity contribution < 1.29 is 8.91 Å². The summed E-state index contributed by atoms with van der Waals surface area (Å²) in [5, 5.41) is 3.84. The molecule has 0 fully saturated rings. The number of rotatable bonds is 2. The summed E-state index contributed by atoms with van der Waals surface area (Å²) in [6, 6.07) is 12.0. The van der Waals surface area contributed by atoms with E-state index in [0.717, 1.165) is 21.2 Å². The molecule has 1 aromatic heterocycles. The molecule has 0 bridgehead atoms. The Morgan fingerprint density at radius 1 is 1.14 bits per heavy atom. The molecule has 3 nitrogen and oxygen atoms in total. The number of aromatic nitrogens is 1. The van der Waals surface area contributed by atoms with Crippen molar-refractivity contribution in [2.75, 3.05) is 5.73 Å². The summed E-state index contributed by atoms with van der Waals surface area (Å²) in [5.74, 6) is 0.543. The van der Waals surface area contributed by atoms with Gasteiger partial charge in [-0.25, -0.2) is 4.39 Å². The zero-order chi connectivity index (χ0) is 15.0. The van der Waals surface area contributed by atoms with E-state index in [-0.39, 0.29) is 11.6 Å². The molecule has 5 heteroatoms. The highest BCUT2D eigenvalue weighted by Gasteiger charge is 2.19. The fourth-order valence-electron chi connectivity index (χ4n) is 2.19. The summed E-state index contributed by atoms with van der Waals surface area (Å²) in [7, 11) is 0. The zero-order valence-corrected chi connectivity index (χ0v) is 12.8. The topological polar surface area (TPSA) is 52.0 Å². The Morgan fingerprint density at radius 3 is 2.52 bits per heavy atom. The predicted molar refractivity (Wildman–Crippen MR) is 84.2 cm³/mol. The van der Waals surface area contributed by atoms with Crippen LogP contribution in [0.1, 0.15) is 5.56 Å². The van der Waals surface area contributed by atoms with Crippen molar-refractivity contribution in [1.29, 1.82) is 0 Å². The second-order valence-electron chi connectivity index (χ2n) is 4.76. The van der Waals surface area contributed by atoms with Crippen LogP contribution in [0.2, 0.25) is 0 Å². The van der Waals surface area contributed by atoms with Gasteiger partial charge in [-0.2, -0.15) is 0 Å². The highest BCUT2D eigenvalue weighted by Crippen LogP contribution is 2.39. The van der Waals surface area contributed by atoms with Crippen LogP contribution in [0, 0.1) is 12.7 Å². The third-order valence-corrected chi connectivity index (χ3v) is 3.88. The summed E-state index contributed by atoms with van der Waals surface area (Å²) in [6.45, 7) is 2.00. The Labute approximate surface area is 129 Å². The van der Waals surface area contributed by atoms with Crippen LogP contribution < -0.4 is 5.73 Å². The monoisotopic (exact) mass is 346 g/mol. The van der Waals surface area contributed by atoms with Crippen LogP contribution in [0.25, 0.3) is 22.5 Å². The van der Waals surface area contributed by atoms with E-state index in [9.17, 15) is 4.39 Å². The molecular formula is C16H12BrFN2O. The molecule has 2 aromatic carbocycles. The van der Waals surface area contributed by atoms with Crippen molar-refractivity contribution in [3.63, 3.8) is 0 Å². The average molecular weight is 347 g/mol. The maximum atomic E-state index is 13.1. The first-order valence-electron chi connectivity index (χ1n) is 6.34. The minimum Gasteiger partial charge on any atom is -0.380 e. The van der Waals surface area contributed by atoms with E-state index in [2.05, 4.69) is 21.1 Å². The van der Waals surface area contributed by atoms with Gasteiger partial charge in [0, 0.05) is 10.0 Å². The van der Waals surface area contributed by atoms with Gasteiger partial charge in [0.25, 0.3) is 0 Å². The number of aryl methyl sites for hydroxylation is 1. The molecule has 0 amide bonds. The molecule has 21 heavy (non-hydrogen) atoms. The smallest absolute Gasteiger partial charge is 0.178 e. The van der Waals surface area contributed by atoms with Gasteiger partial charge in [-0.15, -0.1) is 0 Å². The Balaban J connectivity index is 2.19. The molecule has 0 saturated carbocycles. The predicted octanol–water partition coefficient (Wildman–Crippen LogP) is 4.80. The van der Waals surface area contributed by atoms with Crippen LogP contribution in [-0.4, -0.2) is 5.16 Å². The van der Waals surface area contributed by atoms with Gasteiger partial charge >= 0.3 is 0 Å². The van der Waals surface area contributed by atoms with Crippen molar-refractivity contribution in [3.05, 3.63) is 58.3 Å².